The highest BCUT2D eigenvalue weighted by Crippen LogP contribution is 2.47. The Morgan fingerprint density at radius 1 is 0.750 bits per heavy atom. The van der Waals surface area contributed by atoms with Gasteiger partial charge in [0.05, 0.1) is 58.1 Å². The number of carboxylic acids is 4. The van der Waals surface area contributed by atoms with E-state index in [1.165, 1.54) is 18.2 Å². The quantitative estimate of drug-likeness (QED) is 0.151. The number of hydrogen-bond acceptors (Lipinski definition) is 8. The number of aromatic carboxylic acids is 2. The molecule has 3 aromatic heterocycles. The van der Waals surface area contributed by atoms with Gasteiger partial charge in [0.25, 0.3) is 0 Å². The predicted octanol–water partition coefficient (Wildman–Crippen LogP) is 4.11. The fraction of sp³-hybridized carbons (Fsp3) is 0.294. The van der Waals surface area contributed by atoms with E-state index in [0.29, 0.717) is 44.7 Å². The van der Waals surface area contributed by atoms with E-state index in [1.807, 2.05) is 0 Å². The summed E-state index contributed by atoms with van der Waals surface area (Å²) in [6.07, 6.45) is 2.20. The highest BCUT2D eigenvalue weighted by atomic mass is 16.4. The molecule has 48 heavy (non-hydrogen) atoms. The van der Waals surface area contributed by atoms with Gasteiger partial charge in [-0.2, -0.15) is 0 Å². The van der Waals surface area contributed by atoms with Gasteiger partial charge in [0, 0.05) is 39.9 Å². The maximum absolute atomic E-state index is 12.5. The zero-order valence-electron chi connectivity index (χ0n) is 26.5. The van der Waals surface area contributed by atoms with Gasteiger partial charge in [-0.3, -0.25) is 9.78 Å². The van der Waals surface area contributed by atoms with Gasteiger partial charge in [-0.05, 0) is 67.3 Å². The number of hydrogen-bond donors (Lipinski definition) is 8. The van der Waals surface area contributed by atoms with Crippen molar-refractivity contribution in [1.29, 1.82) is 0 Å². The first-order chi connectivity index (χ1) is 22.6. The van der Waals surface area contributed by atoms with Crippen LogP contribution in [0, 0.1) is 6.92 Å². The zero-order chi connectivity index (χ0) is 35.3. The number of aliphatic hydroxyl groups excluding tert-OH is 2. The maximum atomic E-state index is 12.5. The molecule has 0 fully saturated rings. The molecular formula is C34H34N4O10. The third kappa shape index (κ3) is 5.44. The summed E-state index contributed by atoms with van der Waals surface area (Å²) in [7, 11) is 0. The maximum Gasteiger partial charge on any atom is 0.338 e. The summed E-state index contributed by atoms with van der Waals surface area (Å²) >= 11 is 0. The SMILES string of the molecule is CC1=C(CCC(=O)O)c2cc3[nH]c(cc4nc(cc5[nH]c(cc1n2)c(C(=O)O)c5C(=O)O)C(C)(CO)C4(C)CO)c(C)c3/C=C\C(=O)O. The van der Waals surface area contributed by atoms with Crippen LogP contribution in [0.15, 0.2) is 30.3 Å². The number of fused-ring (bicyclic) bond motifs is 8. The Morgan fingerprint density at radius 3 is 1.79 bits per heavy atom. The number of aromatic amines is 2. The number of aryl methyl sites for hydroxylation is 1. The molecule has 250 valence electrons. The lowest BCUT2D eigenvalue weighted by Crippen LogP contribution is -2.47. The Kier molecular flexibility index (Phi) is 8.58. The third-order valence-electron chi connectivity index (χ3n) is 9.57. The average molecular weight is 659 g/mol. The van der Waals surface area contributed by atoms with Gasteiger partial charge in [-0.1, -0.05) is 13.8 Å². The molecule has 0 aromatic carbocycles. The lowest BCUT2D eigenvalue weighted by Gasteiger charge is -2.38. The van der Waals surface area contributed by atoms with Crippen molar-refractivity contribution >= 4 is 63.2 Å². The van der Waals surface area contributed by atoms with E-state index in [-0.39, 0.29) is 35.3 Å². The molecule has 8 bridgehead atoms. The molecule has 0 spiro atoms. The lowest BCUT2D eigenvalue weighted by atomic mass is 9.65. The van der Waals surface area contributed by atoms with Gasteiger partial charge in [0.15, 0.2) is 0 Å². The fourth-order valence-electron chi connectivity index (χ4n) is 6.30. The summed E-state index contributed by atoms with van der Waals surface area (Å²) in [5.74, 6) is -5.30. The highest BCUT2D eigenvalue weighted by Gasteiger charge is 2.52. The minimum Gasteiger partial charge on any atom is -0.481 e. The molecule has 8 N–H and O–H groups in total. The largest absolute Gasteiger partial charge is 0.481 e. The Bertz CT molecular complexity index is 2140. The minimum absolute atomic E-state index is 0.0620. The van der Waals surface area contributed by atoms with Gasteiger partial charge in [0.1, 0.15) is 0 Å². The van der Waals surface area contributed by atoms with Crippen LogP contribution in [-0.4, -0.2) is 87.7 Å². The van der Waals surface area contributed by atoms with E-state index in [4.69, 9.17) is 9.97 Å². The van der Waals surface area contributed by atoms with Crippen molar-refractivity contribution < 1.29 is 49.8 Å². The molecule has 3 aromatic rings. The standard InChI is InChI=1S/C34H34N4O10/c1-15-17(5-7-27(41)42)21-10-22-18(6-8-28(43)44)16(2)20(36-22)11-25-33(3,13-39)34(4,14-40)26(38-25)12-24-30(32(47)48)29(31(45)46)23(37-24)9-19(15)35-21/h6,8-12,36-37,39-40H,5,7,13-14H2,1-4H3,(H,41,42)(H,43,44)(H,45,46)(H,47,48)/b8-6-,19-9?,20-11?,21-10?,22-10?,23-9?,24-12?,25-11?,26-12?. The number of carboxylic acid groups (broad SMARTS) is 4. The van der Waals surface area contributed by atoms with Crippen LogP contribution >= 0.6 is 0 Å². The van der Waals surface area contributed by atoms with E-state index in [0.717, 1.165) is 6.08 Å². The second kappa shape index (κ2) is 12.2. The Hall–Kier alpha value is -5.60. The first-order valence-corrected chi connectivity index (χ1v) is 14.9. The molecule has 0 aliphatic carbocycles. The summed E-state index contributed by atoms with van der Waals surface area (Å²) in [6.45, 7) is 5.78. The Morgan fingerprint density at radius 2 is 1.27 bits per heavy atom. The van der Waals surface area contributed by atoms with Crippen LogP contribution in [0.4, 0.5) is 0 Å². The van der Waals surface area contributed by atoms with Gasteiger partial charge < -0.3 is 40.6 Å². The van der Waals surface area contributed by atoms with Crippen LogP contribution in [0.2, 0.25) is 0 Å². The summed E-state index contributed by atoms with van der Waals surface area (Å²) in [5.41, 5.74) is 0.366. The molecule has 0 radical (unpaired) electrons. The summed E-state index contributed by atoms with van der Waals surface area (Å²) in [4.78, 5) is 63.8. The number of allylic oxidation sites excluding steroid dienone is 2. The van der Waals surface area contributed by atoms with E-state index in [9.17, 15) is 49.8 Å². The Balaban J connectivity index is 2.06. The average Bonchev–Trinajstić information content (AvgIpc) is 3.68. The lowest BCUT2D eigenvalue weighted by molar-refractivity contribution is -0.137. The number of aromatic nitrogens is 4. The van der Waals surface area contributed by atoms with Crippen molar-refractivity contribution in [3.63, 3.8) is 0 Å². The molecule has 0 amide bonds. The first-order valence-electron chi connectivity index (χ1n) is 14.9. The number of aliphatic hydroxyl groups is 2. The molecule has 5 rings (SSSR count). The van der Waals surface area contributed by atoms with Crippen molar-refractivity contribution in [3.8, 4) is 0 Å². The number of aliphatic carboxylic acids is 2. The molecule has 14 heteroatoms. The van der Waals surface area contributed by atoms with Crippen molar-refractivity contribution in [1.82, 2.24) is 19.9 Å². The first kappa shape index (κ1) is 33.8. The van der Waals surface area contributed by atoms with Crippen molar-refractivity contribution in [2.45, 2.75) is 51.4 Å². The molecule has 0 saturated carbocycles. The van der Waals surface area contributed by atoms with Crippen LogP contribution < -0.4 is 0 Å². The van der Waals surface area contributed by atoms with Crippen LogP contribution in [0.5, 0.6) is 0 Å². The van der Waals surface area contributed by atoms with Gasteiger partial charge >= 0.3 is 23.9 Å². The minimum atomic E-state index is -1.53. The number of rotatable bonds is 9. The zero-order valence-corrected chi connectivity index (χ0v) is 26.5. The van der Waals surface area contributed by atoms with Crippen molar-refractivity contribution in [2.75, 3.05) is 13.2 Å². The summed E-state index contributed by atoms with van der Waals surface area (Å²) < 4.78 is 0. The molecule has 2 atom stereocenters. The number of nitrogens with one attached hydrogen (secondary N) is 2. The van der Waals surface area contributed by atoms with E-state index in [1.54, 1.807) is 39.8 Å². The van der Waals surface area contributed by atoms with E-state index >= 15 is 0 Å². The summed E-state index contributed by atoms with van der Waals surface area (Å²) in [6, 6.07) is 6.00. The smallest absolute Gasteiger partial charge is 0.338 e. The predicted molar refractivity (Wildman–Crippen MR) is 175 cm³/mol. The molecule has 2 aliphatic heterocycles. The van der Waals surface area contributed by atoms with Gasteiger partial charge in [-0.15, -0.1) is 0 Å². The van der Waals surface area contributed by atoms with Crippen LogP contribution in [-0.2, 0) is 20.4 Å². The second-order valence-electron chi connectivity index (χ2n) is 12.3. The monoisotopic (exact) mass is 658 g/mol. The van der Waals surface area contributed by atoms with Gasteiger partial charge in [0.2, 0.25) is 0 Å². The van der Waals surface area contributed by atoms with Crippen molar-refractivity contribution in [2.24, 2.45) is 0 Å². The Labute approximate surface area is 272 Å². The number of nitrogens with zero attached hydrogens (tertiary/aromatic N) is 2. The fourth-order valence-corrected chi connectivity index (χ4v) is 6.30. The summed E-state index contributed by atoms with van der Waals surface area (Å²) in [5, 5.41) is 60.7. The molecule has 0 saturated heterocycles. The number of H-pyrrole nitrogens is 2. The number of carbonyl (C=O) groups is 4. The van der Waals surface area contributed by atoms with Gasteiger partial charge in [-0.25, -0.2) is 19.4 Å². The van der Waals surface area contributed by atoms with Crippen LogP contribution in [0.1, 0.15) is 88.2 Å². The van der Waals surface area contributed by atoms with Crippen molar-refractivity contribution in [3.05, 3.63) is 75.4 Å². The third-order valence-corrected chi connectivity index (χ3v) is 9.57. The molecule has 2 aliphatic rings. The molecule has 5 heterocycles. The van der Waals surface area contributed by atoms with E-state index < -0.39 is 59.0 Å². The van der Waals surface area contributed by atoms with Crippen LogP contribution in [0.25, 0.3) is 39.3 Å². The topological polar surface area (TPSA) is 247 Å². The normalized spacial score (nSPS) is 19.2. The van der Waals surface area contributed by atoms with E-state index in [2.05, 4.69) is 9.97 Å². The second-order valence-corrected chi connectivity index (χ2v) is 12.3. The highest BCUT2D eigenvalue weighted by molar-refractivity contribution is 6.12. The molecule has 2 unspecified atom stereocenters. The van der Waals surface area contributed by atoms with Crippen LogP contribution in [0.3, 0.4) is 0 Å². The molecule has 14 nitrogen and oxygen atoms in total. The molecular weight excluding hydrogens is 624 g/mol.